The Balaban J connectivity index is 2.46. The molecule has 124 valence electrons. The highest BCUT2D eigenvalue weighted by Gasteiger charge is 2.21. The van der Waals surface area contributed by atoms with Crippen LogP contribution in [0.25, 0.3) is 0 Å². The Morgan fingerprint density at radius 3 is 1.96 bits per heavy atom. The highest BCUT2D eigenvalue weighted by Crippen LogP contribution is 2.38. The Morgan fingerprint density at radius 1 is 1.00 bits per heavy atom. The van der Waals surface area contributed by atoms with Crippen LogP contribution in [0.5, 0.6) is 17.2 Å². The first-order valence-electron chi connectivity index (χ1n) is 6.52. The number of aryl methyl sites for hydroxylation is 2. The van der Waals surface area contributed by atoms with E-state index in [0.717, 1.165) is 0 Å². The molecule has 2 aromatic rings. The monoisotopic (exact) mass is 344 g/mol. The van der Waals surface area contributed by atoms with E-state index in [1.54, 1.807) is 13.8 Å². The lowest BCUT2D eigenvalue weighted by Gasteiger charge is -2.15. The van der Waals surface area contributed by atoms with Gasteiger partial charge in [0.2, 0.25) is 11.6 Å². The molecule has 0 unspecified atom stereocenters. The van der Waals surface area contributed by atoms with Crippen LogP contribution in [-0.4, -0.2) is 16.9 Å². The van der Waals surface area contributed by atoms with E-state index in [9.17, 15) is 23.1 Å². The standard InChI is InChI=1S/C15H15F2O5P/c1-8-6-10(23(18,19)20)7-9(2)15(8)22-12-5-4-11(21-3)13(16)14(12)17/h4-7H,1-3H3,(H2,18,19,20). The van der Waals surface area contributed by atoms with Crippen LogP contribution in [0.15, 0.2) is 24.3 Å². The van der Waals surface area contributed by atoms with Gasteiger partial charge in [-0.15, -0.1) is 0 Å². The van der Waals surface area contributed by atoms with E-state index in [2.05, 4.69) is 4.74 Å². The van der Waals surface area contributed by atoms with E-state index in [0.29, 0.717) is 11.1 Å². The molecular weight excluding hydrogens is 329 g/mol. The average Bonchev–Trinajstić information content (AvgIpc) is 2.46. The van der Waals surface area contributed by atoms with Crippen molar-refractivity contribution < 1.29 is 32.6 Å². The maximum atomic E-state index is 14.0. The first kappa shape index (κ1) is 17.4. The Morgan fingerprint density at radius 2 is 1.48 bits per heavy atom. The van der Waals surface area contributed by atoms with E-state index in [4.69, 9.17) is 4.74 Å². The number of methoxy groups -OCH3 is 1. The third kappa shape index (κ3) is 3.52. The SMILES string of the molecule is COc1ccc(Oc2c(C)cc(P(=O)(O)O)cc2C)c(F)c1F. The molecular formula is C15H15F2O5P. The highest BCUT2D eigenvalue weighted by molar-refractivity contribution is 7.60. The minimum absolute atomic E-state index is 0.166. The molecule has 2 N–H and O–H groups in total. The lowest BCUT2D eigenvalue weighted by atomic mass is 10.1. The van der Waals surface area contributed by atoms with Gasteiger partial charge >= 0.3 is 7.60 Å². The van der Waals surface area contributed by atoms with E-state index in [1.165, 1.54) is 31.4 Å². The molecule has 0 aromatic heterocycles. The van der Waals surface area contributed by atoms with Crippen LogP contribution in [0, 0.1) is 25.5 Å². The molecule has 0 atom stereocenters. The summed E-state index contributed by atoms with van der Waals surface area (Å²) in [6.07, 6.45) is 0. The number of ether oxygens (including phenoxy) is 2. The quantitative estimate of drug-likeness (QED) is 0.833. The van der Waals surface area contributed by atoms with Gasteiger partial charge in [0.05, 0.1) is 12.4 Å². The summed E-state index contributed by atoms with van der Waals surface area (Å²) in [5.41, 5.74) is 0.776. The van der Waals surface area contributed by atoms with Gasteiger partial charge in [-0.2, -0.15) is 8.78 Å². The van der Waals surface area contributed by atoms with Gasteiger partial charge in [0.15, 0.2) is 11.5 Å². The van der Waals surface area contributed by atoms with Gasteiger partial charge in [-0.3, -0.25) is 4.57 Å². The maximum Gasteiger partial charge on any atom is 0.356 e. The van der Waals surface area contributed by atoms with E-state index >= 15 is 0 Å². The number of hydrogen-bond donors (Lipinski definition) is 2. The normalized spacial score (nSPS) is 11.4. The molecule has 0 saturated heterocycles. The largest absolute Gasteiger partial charge is 0.494 e. The minimum Gasteiger partial charge on any atom is -0.494 e. The molecule has 0 bridgehead atoms. The maximum absolute atomic E-state index is 14.0. The fourth-order valence-corrected chi connectivity index (χ4v) is 2.84. The van der Waals surface area contributed by atoms with Crippen LogP contribution in [-0.2, 0) is 4.57 Å². The Labute approximate surface area is 131 Å². The summed E-state index contributed by atoms with van der Waals surface area (Å²) >= 11 is 0. The van der Waals surface area contributed by atoms with Gasteiger partial charge in [0.25, 0.3) is 0 Å². The van der Waals surface area contributed by atoms with Crippen LogP contribution in [0.3, 0.4) is 0 Å². The summed E-state index contributed by atoms with van der Waals surface area (Å²) in [4.78, 5) is 18.4. The third-order valence-corrected chi connectivity index (χ3v) is 4.16. The lowest BCUT2D eigenvalue weighted by Crippen LogP contribution is -2.07. The van der Waals surface area contributed by atoms with Crippen LogP contribution < -0.4 is 14.8 Å². The molecule has 0 aliphatic rings. The van der Waals surface area contributed by atoms with Crippen molar-refractivity contribution in [3.8, 4) is 17.2 Å². The van der Waals surface area contributed by atoms with Gasteiger partial charge in [-0.05, 0) is 49.2 Å². The van der Waals surface area contributed by atoms with Gasteiger partial charge in [0, 0.05) is 0 Å². The predicted molar refractivity (Wildman–Crippen MR) is 80.6 cm³/mol. The molecule has 2 rings (SSSR count). The summed E-state index contributed by atoms with van der Waals surface area (Å²) in [7, 11) is -3.19. The molecule has 0 saturated carbocycles. The van der Waals surface area contributed by atoms with Crippen LogP contribution in [0.4, 0.5) is 8.78 Å². The summed E-state index contributed by atoms with van der Waals surface area (Å²) in [5, 5.41) is -0.166. The van der Waals surface area contributed by atoms with Crippen molar-refractivity contribution in [3.63, 3.8) is 0 Å². The molecule has 0 aliphatic heterocycles. The lowest BCUT2D eigenvalue weighted by molar-refractivity contribution is 0.357. The average molecular weight is 344 g/mol. The second kappa shape index (κ2) is 6.28. The van der Waals surface area contributed by atoms with Crippen molar-refractivity contribution in [1.29, 1.82) is 0 Å². The summed E-state index contributed by atoms with van der Waals surface area (Å²) in [6, 6.07) is 4.94. The number of halogens is 2. The molecule has 0 fully saturated rings. The third-order valence-electron chi connectivity index (χ3n) is 3.22. The van der Waals surface area contributed by atoms with Crippen LogP contribution in [0.1, 0.15) is 11.1 Å². The van der Waals surface area contributed by atoms with E-state index in [1.807, 2.05) is 0 Å². The number of hydrogen-bond acceptors (Lipinski definition) is 3. The van der Waals surface area contributed by atoms with Crippen molar-refractivity contribution in [2.75, 3.05) is 7.11 Å². The molecule has 23 heavy (non-hydrogen) atoms. The second-order valence-corrected chi connectivity index (χ2v) is 6.55. The predicted octanol–water partition coefficient (Wildman–Crippen LogP) is 3.19. The molecule has 2 aromatic carbocycles. The summed E-state index contributed by atoms with van der Waals surface area (Å²) in [6.45, 7) is 3.11. The highest BCUT2D eigenvalue weighted by atomic mass is 31.2. The van der Waals surface area contributed by atoms with Gasteiger partial charge in [-0.1, -0.05) is 0 Å². The zero-order chi connectivity index (χ0) is 17.4. The molecule has 0 amide bonds. The first-order valence-corrected chi connectivity index (χ1v) is 8.13. The Hall–Kier alpha value is -1.95. The van der Waals surface area contributed by atoms with Crippen molar-refractivity contribution in [2.24, 2.45) is 0 Å². The number of rotatable bonds is 4. The van der Waals surface area contributed by atoms with Crippen LogP contribution in [0.2, 0.25) is 0 Å². The van der Waals surface area contributed by atoms with Crippen molar-refractivity contribution in [1.82, 2.24) is 0 Å². The molecule has 8 heteroatoms. The first-order chi connectivity index (χ1) is 10.6. The molecule has 5 nitrogen and oxygen atoms in total. The summed E-state index contributed by atoms with van der Waals surface area (Å²) in [5.74, 6) is -2.78. The summed E-state index contributed by atoms with van der Waals surface area (Å²) < 4.78 is 49.0. The Kier molecular flexibility index (Phi) is 4.75. The van der Waals surface area contributed by atoms with Gasteiger partial charge in [0.1, 0.15) is 5.75 Å². The minimum atomic E-state index is -4.41. The van der Waals surface area contributed by atoms with Crippen molar-refractivity contribution in [3.05, 3.63) is 47.0 Å². The smallest absolute Gasteiger partial charge is 0.356 e. The molecule has 0 spiro atoms. The fraction of sp³-hybridized carbons (Fsp3) is 0.200. The molecule has 0 heterocycles. The fourth-order valence-electron chi connectivity index (χ4n) is 2.12. The van der Waals surface area contributed by atoms with E-state index in [-0.39, 0.29) is 22.6 Å². The van der Waals surface area contributed by atoms with Gasteiger partial charge < -0.3 is 19.3 Å². The zero-order valence-electron chi connectivity index (χ0n) is 12.6. The van der Waals surface area contributed by atoms with Gasteiger partial charge in [-0.25, -0.2) is 0 Å². The zero-order valence-corrected chi connectivity index (χ0v) is 13.5. The number of benzene rings is 2. The Bertz CT molecular complexity index is 778. The van der Waals surface area contributed by atoms with E-state index < -0.39 is 19.2 Å². The second-order valence-electron chi connectivity index (χ2n) is 4.95. The topological polar surface area (TPSA) is 76.0 Å². The molecule has 0 aliphatic carbocycles. The van der Waals surface area contributed by atoms with Crippen LogP contribution >= 0.6 is 7.60 Å². The van der Waals surface area contributed by atoms with Crippen molar-refractivity contribution in [2.45, 2.75) is 13.8 Å². The molecule has 0 radical (unpaired) electrons. The van der Waals surface area contributed by atoms with Crippen molar-refractivity contribution >= 4 is 12.9 Å².